The lowest BCUT2D eigenvalue weighted by Crippen LogP contribution is -2.30. The van der Waals surface area contributed by atoms with Gasteiger partial charge in [-0.2, -0.15) is 0 Å². The first-order valence-corrected chi connectivity index (χ1v) is 8.57. The molecule has 0 aliphatic carbocycles. The smallest absolute Gasteiger partial charge is 0.293 e. The molecule has 136 valence electrons. The predicted molar refractivity (Wildman–Crippen MR) is 100 cm³/mol. The first-order valence-electron chi connectivity index (χ1n) is 8.57. The number of carbonyl (C=O) groups is 1. The van der Waals surface area contributed by atoms with Crippen LogP contribution in [0.25, 0.3) is 0 Å². The van der Waals surface area contributed by atoms with Crippen molar-refractivity contribution in [3.8, 4) is 5.75 Å². The van der Waals surface area contributed by atoms with Gasteiger partial charge in [-0.1, -0.05) is 0 Å². The van der Waals surface area contributed by atoms with Crippen LogP contribution >= 0.6 is 0 Å². The summed E-state index contributed by atoms with van der Waals surface area (Å²) < 4.78 is 5.08. The zero-order valence-corrected chi connectivity index (χ0v) is 14.6. The Balaban J connectivity index is 1.81. The molecule has 1 saturated heterocycles. The second-order valence-electron chi connectivity index (χ2n) is 6.19. The van der Waals surface area contributed by atoms with E-state index in [9.17, 15) is 14.9 Å². The molecule has 0 aromatic heterocycles. The van der Waals surface area contributed by atoms with E-state index in [-0.39, 0.29) is 17.2 Å². The largest absolute Gasteiger partial charge is 0.497 e. The Labute approximate surface area is 151 Å². The van der Waals surface area contributed by atoms with Crippen LogP contribution < -0.4 is 15.0 Å². The third kappa shape index (κ3) is 3.93. The maximum atomic E-state index is 12.5. The maximum absolute atomic E-state index is 12.5. The van der Waals surface area contributed by atoms with Gasteiger partial charge in [-0.3, -0.25) is 14.9 Å². The fraction of sp³-hybridized carbons (Fsp3) is 0.316. The van der Waals surface area contributed by atoms with Gasteiger partial charge in [0.25, 0.3) is 11.6 Å². The Hall–Kier alpha value is -3.09. The minimum absolute atomic E-state index is 0.0331. The van der Waals surface area contributed by atoms with E-state index in [2.05, 4.69) is 5.32 Å². The zero-order chi connectivity index (χ0) is 18.5. The number of rotatable bonds is 5. The molecule has 1 aliphatic rings. The quantitative estimate of drug-likeness (QED) is 0.650. The van der Waals surface area contributed by atoms with Crippen molar-refractivity contribution in [2.24, 2.45) is 0 Å². The van der Waals surface area contributed by atoms with Crippen LogP contribution in [0.4, 0.5) is 17.1 Å². The molecule has 1 N–H and O–H groups in total. The van der Waals surface area contributed by atoms with Crippen LogP contribution in [0.3, 0.4) is 0 Å². The Morgan fingerprint density at radius 1 is 1.12 bits per heavy atom. The molecule has 0 bridgehead atoms. The average molecular weight is 355 g/mol. The summed E-state index contributed by atoms with van der Waals surface area (Å²) in [7, 11) is 1.57. The predicted octanol–water partition coefficient (Wildman–Crippen LogP) is 3.85. The number of benzene rings is 2. The summed E-state index contributed by atoms with van der Waals surface area (Å²) in [5.74, 6) is 0.299. The number of anilines is 2. The standard InChI is InChI=1S/C19H21N3O4/c1-26-16-8-6-15(7-9-16)20-19(23)14-5-10-17(18(13-14)22(24)25)21-11-3-2-4-12-21/h5-10,13H,2-4,11-12H2,1H3,(H,20,23). The number of hydrogen-bond acceptors (Lipinski definition) is 5. The number of methoxy groups -OCH3 is 1. The number of hydrogen-bond donors (Lipinski definition) is 1. The summed E-state index contributed by atoms with van der Waals surface area (Å²) in [6.07, 6.45) is 3.19. The highest BCUT2D eigenvalue weighted by molar-refractivity contribution is 6.05. The van der Waals surface area contributed by atoms with Crippen LogP contribution in [0.15, 0.2) is 42.5 Å². The monoisotopic (exact) mass is 355 g/mol. The van der Waals surface area contributed by atoms with Gasteiger partial charge in [0.2, 0.25) is 0 Å². The minimum Gasteiger partial charge on any atom is -0.497 e. The van der Waals surface area contributed by atoms with Crippen LogP contribution in [-0.4, -0.2) is 31.0 Å². The molecule has 0 spiro atoms. The van der Waals surface area contributed by atoms with Crippen molar-refractivity contribution in [2.45, 2.75) is 19.3 Å². The highest BCUT2D eigenvalue weighted by Gasteiger charge is 2.23. The molecule has 0 atom stereocenters. The molecular formula is C19H21N3O4. The average Bonchev–Trinajstić information content (AvgIpc) is 2.68. The Kier molecular flexibility index (Phi) is 5.36. The van der Waals surface area contributed by atoms with Gasteiger partial charge >= 0.3 is 0 Å². The lowest BCUT2D eigenvalue weighted by atomic mass is 10.1. The van der Waals surface area contributed by atoms with Crippen molar-refractivity contribution in [1.82, 2.24) is 0 Å². The molecule has 2 aromatic carbocycles. The summed E-state index contributed by atoms with van der Waals surface area (Å²) in [5, 5.41) is 14.2. The SMILES string of the molecule is COc1ccc(NC(=O)c2ccc(N3CCCCC3)c([N+](=O)[O-])c2)cc1. The lowest BCUT2D eigenvalue weighted by Gasteiger charge is -2.28. The third-order valence-corrected chi connectivity index (χ3v) is 4.48. The fourth-order valence-corrected chi connectivity index (χ4v) is 3.09. The van der Waals surface area contributed by atoms with Gasteiger partial charge in [-0.05, 0) is 55.7 Å². The number of amides is 1. The molecule has 3 rings (SSSR count). The molecule has 2 aromatic rings. The van der Waals surface area contributed by atoms with E-state index in [1.807, 2.05) is 4.90 Å². The molecule has 7 nitrogen and oxygen atoms in total. The van der Waals surface area contributed by atoms with E-state index >= 15 is 0 Å². The van der Waals surface area contributed by atoms with Crippen molar-refractivity contribution in [3.05, 3.63) is 58.1 Å². The number of nitrogens with one attached hydrogen (secondary N) is 1. The van der Waals surface area contributed by atoms with Crippen LogP contribution in [0.1, 0.15) is 29.6 Å². The molecule has 0 unspecified atom stereocenters. The van der Waals surface area contributed by atoms with Gasteiger partial charge < -0.3 is 15.0 Å². The first-order chi connectivity index (χ1) is 12.6. The topological polar surface area (TPSA) is 84.7 Å². The number of carbonyl (C=O) groups excluding carboxylic acids is 1. The highest BCUT2D eigenvalue weighted by Crippen LogP contribution is 2.31. The first kappa shape index (κ1) is 17.7. The second kappa shape index (κ2) is 7.86. The number of nitro groups is 1. The zero-order valence-electron chi connectivity index (χ0n) is 14.6. The van der Waals surface area contributed by atoms with Gasteiger partial charge in [0.1, 0.15) is 11.4 Å². The maximum Gasteiger partial charge on any atom is 0.293 e. The van der Waals surface area contributed by atoms with Crippen molar-refractivity contribution in [1.29, 1.82) is 0 Å². The molecule has 1 fully saturated rings. The van der Waals surface area contributed by atoms with Crippen LogP contribution in [-0.2, 0) is 0 Å². The summed E-state index contributed by atoms with van der Waals surface area (Å²) in [5.41, 5.74) is 1.40. The molecule has 0 radical (unpaired) electrons. The molecule has 0 saturated carbocycles. The molecule has 26 heavy (non-hydrogen) atoms. The molecule has 1 aliphatic heterocycles. The fourth-order valence-electron chi connectivity index (χ4n) is 3.09. The van der Waals surface area contributed by atoms with Crippen LogP contribution in [0, 0.1) is 10.1 Å². The van der Waals surface area contributed by atoms with Gasteiger partial charge in [0, 0.05) is 30.4 Å². The van der Waals surface area contributed by atoms with E-state index < -0.39 is 4.92 Å². The Bertz CT molecular complexity index is 799. The third-order valence-electron chi connectivity index (χ3n) is 4.48. The number of piperidine rings is 1. The molecule has 1 amide bonds. The van der Waals surface area contributed by atoms with Crippen LogP contribution in [0.2, 0.25) is 0 Å². The van der Waals surface area contributed by atoms with Gasteiger partial charge in [-0.25, -0.2) is 0 Å². The Morgan fingerprint density at radius 3 is 2.42 bits per heavy atom. The molecule has 7 heteroatoms. The number of nitro benzene ring substituents is 1. The van der Waals surface area contributed by atoms with E-state index in [1.54, 1.807) is 43.5 Å². The van der Waals surface area contributed by atoms with Crippen LogP contribution in [0.5, 0.6) is 5.75 Å². The summed E-state index contributed by atoms with van der Waals surface area (Å²) in [4.78, 5) is 25.6. The van der Waals surface area contributed by atoms with Gasteiger partial charge in [0.05, 0.1) is 12.0 Å². The van der Waals surface area contributed by atoms with E-state index in [1.165, 1.54) is 6.07 Å². The van der Waals surface area contributed by atoms with Crippen molar-refractivity contribution in [3.63, 3.8) is 0 Å². The van der Waals surface area contributed by atoms with Gasteiger partial charge in [0.15, 0.2) is 0 Å². The lowest BCUT2D eigenvalue weighted by molar-refractivity contribution is -0.384. The molecule has 1 heterocycles. The molecular weight excluding hydrogens is 334 g/mol. The normalized spacial score (nSPS) is 14.0. The summed E-state index contributed by atoms with van der Waals surface area (Å²) in [6, 6.07) is 11.6. The number of ether oxygens (including phenoxy) is 1. The van der Waals surface area contributed by atoms with Gasteiger partial charge in [-0.15, -0.1) is 0 Å². The van der Waals surface area contributed by atoms with Crippen molar-refractivity contribution >= 4 is 23.0 Å². The minimum atomic E-state index is -0.423. The Morgan fingerprint density at radius 2 is 1.81 bits per heavy atom. The van der Waals surface area contributed by atoms with E-state index in [4.69, 9.17) is 4.74 Å². The van der Waals surface area contributed by atoms with Crippen molar-refractivity contribution in [2.75, 3.05) is 30.4 Å². The summed E-state index contributed by atoms with van der Waals surface area (Å²) in [6.45, 7) is 1.61. The van der Waals surface area contributed by atoms with E-state index in [0.717, 1.165) is 32.4 Å². The van der Waals surface area contributed by atoms with E-state index in [0.29, 0.717) is 17.1 Å². The second-order valence-corrected chi connectivity index (χ2v) is 6.19. The van der Waals surface area contributed by atoms with Crippen molar-refractivity contribution < 1.29 is 14.5 Å². The highest BCUT2D eigenvalue weighted by atomic mass is 16.6. The summed E-state index contributed by atoms with van der Waals surface area (Å²) >= 11 is 0. The number of nitrogens with zero attached hydrogens (tertiary/aromatic N) is 2.